The van der Waals surface area contributed by atoms with E-state index in [-0.39, 0.29) is 6.61 Å². The Morgan fingerprint density at radius 1 is 1.19 bits per heavy atom. The number of aliphatic hydroxyl groups excluding tert-OH is 1. The van der Waals surface area contributed by atoms with E-state index in [4.69, 9.17) is 5.11 Å². The molecular formula is C12H15N3O. The van der Waals surface area contributed by atoms with Gasteiger partial charge in [-0.25, -0.2) is 4.68 Å². The molecule has 0 fully saturated rings. The quantitative estimate of drug-likeness (QED) is 0.823. The third-order valence-corrected chi connectivity index (χ3v) is 2.54. The number of rotatable bonds is 5. The van der Waals surface area contributed by atoms with Crippen molar-refractivity contribution in [3.8, 4) is 0 Å². The van der Waals surface area contributed by atoms with Gasteiger partial charge < -0.3 is 5.11 Å². The molecule has 2 aromatic rings. The highest BCUT2D eigenvalue weighted by atomic mass is 16.3. The zero-order valence-electron chi connectivity index (χ0n) is 9.08. The Morgan fingerprint density at radius 2 is 2.00 bits per heavy atom. The van der Waals surface area contributed by atoms with Crippen molar-refractivity contribution >= 4 is 0 Å². The van der Waals surface area contributed by atoms with Gasteiger partial charge in [-0.1, -0.05) is 35.5 Å². The molecule has 0 bridgehead atoms. The van der Waals surface area contributed by atoms with E-state index in [0.717, 1.165) is 25.1 Å². The van der Waals surface area contributed by atoms with Crippen LogP contribution in [0.1, 0.15) is 17.7 Å². The molecule has 84 valence electrons. The number of hydrogen-bond donors (Lipinski definition) is 1. The molecule has 0 amide bonds. The van der Waals surface area contributed by atoms with Crippen molar-refractivity contribution in [3.63, 3.8) is 0 Å². The third kappa shape index (κ3) is 2.67. The van der Waals surface area contributed by atoms with E-state index in [9.17, 15) is 0 Å². The third-order valence-electron chi connectivity index (χ3n) is 2.54. The van der Waals surface area contributed by atoms with E-state index < -0.39 is 0 Å². The summed E-state index contributed by atoms with van der Waals surface area (Å²) >= 11 is 0. The summed E-state index contributed by atoms with van der Waals surface area (Å²) in [5.74, 6) is 0. The Balaban J connectivity index is 1.85. The summed E-state index contributed by atoms with van der Waals surface area (Å²) in [5.41, 5.74) is 2.10. The van der Waals surface area contributed by atoms with Gasteiger partial charge in [0.25, 0.3) is 0 Å². The molecule has 0 saturated heterocycles. The number of aliphatic hydroxyl groups is 1. The molecule has 0 aliphatic rings. The monoisotopic (exact) mass is 217 g/mol. The molecule has 1 aromatic carbocycles. The lowest BCUT2D eigenvalue weighted by Gasteiger charge is -2.04. The molecule has 1 aromatic heterocycles. The van der Waals surface area contributed by atoms with Crippen LogP contribution in [0.5, 0.6) is 0 Å². The van der Waals surface area contributed by atoms with Gasteiger partial charge in [0.1, 0.15) is 0 Å². The van der Waals surface area contributed by atoms with Crippen molar-refractivity contribution in [1.82, 2.24) is 15.0 Å². The van der Waals surface area contributed by atoms with Crippen LogP contribution in [0.4, 0.5) is 0 Å². The minimum atomic E-state index is -0.00165. The fraction of sp³-hybridized carbons (Fsp3) is 0.333. The van der Waals surface area contributed by atoms with E-state index in [1.807, 2.05) is 18.2 Å². The zero-order chi connectivity index (χ0) is 11.2. The van der Waals surface area contributed by atoms with E-state index in [2.05, 4.69) is 22.4 Å². The average Bonchev–Trinajstić information content (AvgIpc) is 2.78. The minimum absolute atomic E-state index is 0.00165. The summed E-state index contributed by atoms with van der Waals surface area (Å²) in [4.78, 5) is 0. The predicted octanol–water partition coefficient (Wildman–Crippen LogP) is 1.40. The minimum Gasteiger partial charge on any atom is -0.390 e. The lowest BCUT2D eigenvalue weighted by molar-refractivity contribution is 0.267. The Bertz CT molecular complexity index is 425. The molecule has 0 saturated carbocycles. The molecule has 0 unspecified atom stereocenters. The van der Waals surface area contributed by atoms with Crippen LogP contribution >= 0.6 is 0 Å². The molecule has 0 aliphatic heterocycles. The van der Waals surface area contributed by atoms with Crippen LogP contribution < -0.4 is 0 Å². The number of aryl methyl sites for hydroxylation is 2. The number of aromatic nitrogens is 3. The molecule has 0 spiro atoms. The topological polar surface area (TPSA) is 50.9 Å². The highest BCUT2D eigenvalue weighted by Gasteiger charge is 2.01. The molecule has 1 heterocycles. The average molecular weight is 217 g/mol. The van der Waals surface area contributed by atoms with E-state index in [0.29, 0.717) is 0 Å². The van der Waals surface area contributed by atoms with Crippen LogP contribution in [0, 0.1) is 0 Å². The van der Waals surface area contributed by atoms with Crippen LogP contribution in [-0.2, 0) is 19.6 Å². The molecule has 1 N–H and O–H groups in total. The standard InChI is InChI=1S/C12H15N3O/c16-10-12-9-13-14-15(12)8-4-7-11-5-2-1-3-6-11/h1-3,5-6,9,16H,4,7-8,10H2. The highest BCUT2D eigenvalue weighted by molar-refractivity contribution is 5.14. The Hall–Kier alpha value is -1.68. The molecule has 0 atom stereocenters. The van der Waals surface area contributed by atoms with Gasteiger partial charge in [0.2, 0.25) is 0 Å². The summed E-state index contributed by atoms with van der Waals surface area (Å²) in [6, 6.07) is 10.3. The smallest absolute Gasteiger partial charge is 0.0866 e. The Morgan fingerprint density at radius 3 is 2.75 bits per heavy atom. The van der Waals surface area contributed by atoms with Crippen molar-refractivity contribution in [1.29, 1.82) is 0 Å². The maximum absolute atomic E-state index is 9.02. The fourth-order valence-corrected chi connectivity index (χ4v) is 1.67. The SMILES string of the molecule is OCc1cnnn1CCCc1ccccc1. The van der Waals surface area contributed by atoms with Crippen LogP contribution in [0.2, 0.25) is 0 Å². The van der Waals surface area contributed by atoms with Crippen LogP contribution in [0.25, 0.3) is 0 Å². The second-order valence-corrected chi connectivity index (χ2v) is 3.70. The van der Waals surface area contributed by atoms with E-state index in [1.54, 1.807) is 10.9 Å². The zero-order valence-corrected chi connectivity index (χ0v) is 9.08. The number of nitrogens with zero attached hydrogens (tertiary/aromatic N) is 3. The maximum atomic E-state index is 9.02. The summed E-state index contributed by atoms with van der Waals surface area (Å²) in [6.45, 7) is 0.795. The van der Waals surface area contributed by atoms with Crippen molar-refractivity contribution in [3.05, 3.63) is 47.8 Å². The van der Waals surface area contributed by atoms with Crippen molar-refractivity contribution in [2.45, 2.75) is 26.0 Å². The summed E-state index contributed by atoms with van der Waals surface area (Å²) in [7, 11) is 0. The van der Waals surface area contributed by atoms with E-state index >= 15 is 0 Å². The first-order chi connectivity index (χ1) is 7.90. The first-order valence-corrected chi connectivity index (χ1v) is 5.42. The number of benzene rings is 1. The van der Waals surface area contributed by atoms with Crippen LogP contribution in [0.3, 0.4) is 0 Å². The van der Waals surface area contributed by atoms with Gasteiger partial charge >= 0.3 is 0 Å². The largest absolute Gasteiger partial charge is 0.390 e. The lowest BCUT2D eigenvalue weighted by atomic mass is 10.1. The van der Waals surface area contributed by atoms with Gasteiger partial charge in [0.15, 0.2) is 0 Å². The van der Waals surface area contributed by atoms with Crippen LogP contribution in [0.15, 0.2) is 36.5 Å². The second-order valence-electron chi connectivity index (χ2n) is 3.70. The van der Waals surface area contributed by atoms with Gasteiger partial charge in [-0.2, -0.15) is 0 Å². The van der Waals surface area contributed by atoms with Gasteiger partial charge in [-0.15, -0.1) is 5.10 Å². The molecule has 16 heavy (non-hydrogen) atoms. The van der Waals surface area contributed by atoms with Crippen molar-refractivity contribution in [2.75, 3.05) is 0 Å². The predicted molar refractivity (Wildman–Crippen MR) is 60.7 cm³/mol. The van der Waals surface area contributed by atoms with Crippen molar-refractivity contribution < 1.29 is 5.11 Å². The normalized spacial score (nSPS) is 10.6. The molecular weight excluding hydrogens is 202 g/mol. The highest BCUT2D eigenvalue weighted by Crippen LogP contribution is 2.04. The molecule has 0 radical (unpaired) electrons. The summed E-state index contributed by atoms with van der Waals surface area (Å²) in [6.07, 6.45) is 3.62. The lowest BCUT2D eigenvalue weighted by Crippen LogP contribution is -2.06. The van der Waals surface area contributed by atoms with E-state index in [1.165, 1.54) is 5.56 Å². The summed E-state index contributed by atoms with van der Waals surface area (Å²) < 4.78 is 1.75. The Kier molecular flexibility index (Phi) is 3.66. The molecule has 2 rings (SSSR count). The van der Waals surface area contributed by atoms with Crippen molar-refractivity contribution in [2.24, 2.45) is 0 Å². The first-order valence-electron chi connectivity index (χ1n) is 5.42. The molecule has 4 heteroatoms. The number of hydrogen-bond acceptors (Lipinski definition) is 3. The van der Waals surface area contributed by atoms with Gasteiger partial charge in [0.05, 0.1) is 18.5 Å². The van der Waals surface area contributed by atoms with Gasteiger partial charge in [0, 0.05) is 6.54 Å². The second kappa shape index (κ2) is 5.42. The fourth-order valence-electron chi connectivity index (χ4n) is 1.67. The first kappa shape index (κ1) is 10.8. The molecule has 4 nitrogen and oxygen atoms in total. The summed E-state index contributed by atoms with van der Waals surface area (Å²) in [5, 5.41) is 16.7. The van der Waals surface area contributed by atoms with Gasteiger partial charge in [-0.3, -0.25) is 0 Å². The Labute approximate surface area is 94.5 Å². The maximum Gasteiger partial charge on any atom is 0.0866 e. The molecule has 0 aliphatic carbocycles. The van der Waals surface area contributed by atoms with Gasteiger partial charge in [-0.05, 0) is 18.4 Å². The van der Waals surface area contributed by atoms with Crippen LogP contribution in [-0.4, -0.2) is 20.1 Å².